The van der Waals surface area contributed by atoms with E-state index in [1.807, 2.05) is 36.4 Å². The number of ketones is 1. The van der Waals surface area contributed by atoms with Crippen LogP contribution in [0.5, 0.6) is 5.75 Å². The zero-order valence-corrected chi connectivity index (χ0v) is 19.9. The van der Waals surface area contributed by atoms with E-state index in [1.54, 1.807) is 0 Å². The molecule has 0 saturated heterocycles. The summed E-state index contributed by atoms with van der Waals surface area (Å²) in [5.74, 6) is -1.69. The minimum Gasteiger partial charge on any atom is -0.493 e. The third-order valence-corrected chi connectivity index (χ3v) is 6.73. The van der Waals surface area contributed by atoms with Crippen LogP contribution in [0.15, 0.2) is 54.6 Å². The van der Waals surface area contributed by atoms with Gasteiger partial charge in [0.05, 0.1) is 24.4 Å². The molecule has 1 unspecified atom stereocenters. The van der Waals surface area contributed by atoms with Crippen molar-refractivity contribution in [1.29, 1.82) is 0 Å². The molecule has 8 heteroatoms. The fourth-order valence-electron chi connectivity index (χ4n) is 5.23. The number of methoxy groups -OCH3 is 1. The van der Waals surface area contributed by atoms with Gasteiger partial charge >= 0.3 is 6.09 Å². The normalized spacial score (nSPS) is 16.0. The molecule has 36 heavy (non-hydrogen) atoms. The molecule has 3 aromatic carbocycles. The van der Waals surface area contributed by atoms with Gasteiger partial charge < -0.3 is 20.1 Å². The van der Waals surface area contributed by atoms with Gasteiger partial charge in [-0.25, -0.2) is 9.18 Å². The third-order valence-electron chi connectivity index (χ3n) is 6.73. The van der Waals surface area contributed by atoms with Crippen LogP contribution in [-0.2, 0) is 16.0 Å². The predicted octanol–water partition coefficient (Wildman–Crippen LogP) is 4.83. The van der Waals surface area contributed by atoms with E-state index in [0.29, 0.717) is 5.56 Å². The van der Waals surface area contributed by atoms with Crippen LogP contribution in [0.1, 0.15) is 46.3 Å². The Kier molecular flexibility index (Phi) is 6.18. The van der Waals surface area contributed by atoms with Crippen LogP contribution in [0.25, 0.3) is 11.1 Å². The van der Waals surface area contributed by atoms with Crippen molar-refractivity contribution in [3.05, 3.63) is 82.7 Å². The molecule has 1 atom stereocenters. The van der Waals surface area contributed by atoms with E-state index in [1.165, 1.54) is 14.0 Å². The number of carbonyl (C=O) groups is 3. The fourth-order valence-corrected chi connectivity index (χ4v) is 5.23. The maximum atomic E-state index is 14.5. The Morgan fingerprint density at radius 2 is 1.69 bits per heavy atom. The Labute approximate surface area is 207 Å². The number of hydrogen-bond donors (Lipinski definition) is 2. The first-order valence-electron chi connectivity index (χ1n) is 11.7. The average Bonchev–Trinajstić information content (AvgIpc) is 3.18. The van der Waals surface area contributed by atoms with Crippen LogP contribution >= 0.6 is 0 Å². The van der Waals surface area contributed by atoms with Gasteiger partial charge in [0.25, 0.3) is 0 Å². The molecular formula is C28H25FN2O5. The summed E-state index contributed by atoms with van der Waals surface area (Å²) in [7, 11) is 1.32. The Hall–Kier alpha value is -4.20. The number of benzene rings is 3. The van der Waals surface area contributed by atoms with E-state index >= 15 is 0 Å². The summed E-state index contributed by atoms with van der Waals surface area (Å²) in [5.41, 5.74) is 4.97. The molecule has 0 fully saturated rings. The lowest BCUT2D eigenvalue weighted by atomic mass is 9.85. The smallest absolute Gasteiger partial charge is 0.407 e. The van der Waals surface area contributed by atoms with Crippen molar-refractivity contribution in [3.63, 3.8) is 0 Å². The highest BCUT2D eigenvalue weighted by Crippen LogP contribution is 2.44. The largest absolute Gasteiger partial charge is 0.493 e. The molecule has 2 aliphatic carbocycles. The predicted molar refractivity (Wildman–Crippen MR) is 132 cm³/mol. The number of rotatable bonds is 5. The first-order chi connectivity index (χ1) is 17.4. The van der Waals surface area contributed by atoms with E-state index < -0.39 is 29.6 Å². The first-order valence-corrected chi connectivity index (χ1v) is 11.7. The van der Waals surface area contributed by atoms with Gasteiger partial charge in [0.15, 0.2) is 17.3 Å². The van der Waals surface area contributed by atoms with Crippen molar-refractivity contribution in [1.82, 2.24) is 5.32 Å². The maximum absolute atomic E-state index is 14.5. The van der Waals surface area contributed by atoms with Crippen LogP contribution < -0.4 is 15.4 Å². The lowest BCUT2D eigenvalue weighted by Gasteiger charge is -2.27. The molecule has 3 aromatic rings. The van der Waals surface area contributed by atoms with Crippen LogP contribution in [-0.4, -0.2) is 37.5 Å². The highest BCUT2D eigenvalue weighted by Gasteiger charge is 2.35. The summed E-state index contributed by atoms with van der Waals surface area (Å²) < 4.78 is 25.3. The van der Waals surface area contributed by atoms with Crippen molar-refractivity contribution in [2.75, 3.05) is 19.0 Å². The molecule has 0 aromatic heterocycles. The molecular weight excluding hydrogens is 463 g/mol. The highest BCUT2D eigenvalue weighted by atomic mass is 19.1. The van der Waals surface area contributed by atoms with Crippen molar-refractivity contribution in [2.45, 2.75) is 31.7 Å². The van der Waals surface area contributed by atoms with Gasteiger partial charge in [-0.1, -0.05) is 48.5 Å². The average molecular weight is 489 g/mol. The number of nitrogens with one attached hydrogen (secondary N) is 2. The Morgan fingerprint density at radius 1 is 1.06 bits per heavy atom. The van der Waals surface area contributed by atoms with Gasteiger partial charge in [-0.3, -0.25) is 9.59 Å². The molecule has 2 N–H and O–H groups in total. The van der Waals surface area contributed by atoms with Gasteiger partial charge in [0, 0.05) is 24.5 Å². The molecule has 2 amide bonds. The number of halogens is 1. The fraction of sp³-hybridized carbons (Fsp3) is 0.250. The molecule has 0 radical (unpaired) electrons. The second-order valence-electron chi connectivity index (χ2n) is 8.90. The van der Waals surface area contributed by atoms with Crippen LogP contribution in [0.2, 0.25) is 0 Å². The molecule has 2 aliphatic rings. The van der Waals surface area contributed by atoms with E-state index in [2.05, 4.69) is 22.8 Å². The minimum absolute atomic E-state index is 0.0351. The van der Waals surface area contributed by atoms with E-state index in [-0.39, 0.29) is 42.4 Å². The Morgan fingerprint density at radius 3 is 2.31 bits per heavy atom. The number of Topliss-reactive ketones (excluding diaryl/α,β-unsaturated/α-hetero) is 1. The molecule has 0 saturated carbocycles. The zero-order chi connectivity index (χ0) is 25.4. The lowest BCUT2D eigenvalue weighted by Crippen LogP contribution is -2.44. The second-order valence-corrected chi connectivity index (χ2v) is 8.90. The number of alkyl carbamates (subject to hydrolysis) is 1. The van der Waals surface area contributed by atoms with Gasteiger partial charge in [-0.05, 0) is 35.1 Å². The molecule has 0 bridgehead atoms. The standard InChI is InChI=1S/C28H25FN2O5/c1-15(32)30-24-13-22(29)27(35-2)20-11-12-23(26(33)25(20)24)31-28(34)36-14-21-18-9-5-3-7-16(18)17-8-4-6-10-19(17)21/h3-10,13,21,23H,11-12,14H2,1-2H3,(H,30,32)(H,31,34). The van der Waals surface area contributed by atoms with E-state index in [0.717, 1.165) is 28.3 Å². The van der Waals surface area contributed by atoms with Crippen LogP contribution in [0, 0.1) is 5.82 Å². The number of hydrogen-bond acceptors (Lipinski definition) is 5. The topological polar surface area (TPSA) is 93.7 Å². The molecule has 184 valence electrons. The van der Waals surface area contributed by atoms with Crippen LogP contribution in [0.4, 0.5) is 14.9 Å². The van der Waals surface area contributed by atoms with Crippen molar-refractivity contribution in [3.8, 4) is 16.9 Å². The monoisotopic (exact) mass is 488 g/mol. The van der Waals surface area contributed by atoms with Gasteiger partial charge in [-0.15, -0.1) is 0 Å². The van der Waals surface area contributed by atoms with Crippen LogP contribution in [0.3, 0.4) is 0 Å². The molecule has 0 heterocycles. The second kappa shape index (κ2) is 9.45. The summed E-state index contributed by atoms with van der Waals surface area (Å²) in [6, 6.07) is 16.2. The van der Waals surface area contributed by atoms with Crippen molar-refractivity contribution < 1.29 is 28.2 Å². The summed E-state index contributed by atoms with van der Waals surface area (Å²) in [6.07, 6.45) is -0.188. The summed E-state index contributed by atoms with van der Waals surface area (Å²) in [4.78, 5) is 37.7. The Bertz CT molecular complexity index is 1340. The number of fused-ring (bicyclic) bond motifs is 4. The summed E-state index contributed by atoms with van der Waals surface area (Å²) in [6.45, 7) is 1.39. The SMILES string of the molecule is COc1c(F)cc(NC(C)=O)c2c1CCC(NC(=O)OCC1c3ccccc3-c3ccccc31)C2=O. The summed E-state index contributed by atoms with van der Waals surface area (Å²) in [5, 5.41) is 5.17. The molecule has 5 rings (SSSR count). The number of anilines is 1. The number of amides is 2. The van der Waals surface area contributed by atoms with Crippen molar-refractivity contribution in [2.24, 2.45) is 0 Å². The van der Waals surface area contributed by atoms with E-state index in [4.69, 9.17) is 9.47 Å². The van der Waals surface area contributed by atoms with Crippen molar-refractivity contribution >= 4 is 23.5 Å². The number of carbonyl (C=O) groups excluding carboxylic acids is 3. The molecule has 7 nitrogen and oxygen atoms in total. The summed E-state index contributed by atoms with van der Waals surface area (Å²) >= 11 is 0. The van der Waals surface area contributed by atoms with Gasteiger partial charge in [0.2, 0.25) is 5.91 Å². The van der Waals surface area contributed by atoms with E-state index in [9.17, 15) is 18.8 Å². The third kappa shape index (κ3) is 4.08. The maximum Gasteiger partial charge on any atom is 0.407 e. The lowest BCUT2D eigenvalue weighted by molar-refractivity contribution is -0.114. The highest BCUT2D eigenvalue weighted by molar-refractivity contribution is 6.10. The van der Waals surface area contributed by atoms with Gasteiger partial charge in [0.1, 0.15) is 6.61 Å². The zero-order valence-electron chi connectivity index (χ0n) is 19.9. The quantitative estimate of drug-likeness (QED) is 0.537. The molecule has 0 spiro atoms. The number of ether oxygens (including phenoxy) is 2. The Balaban J connectivity index is 1.33. The molecule has 0 aliphatic heterocycles. The minimum atomic E-state index is -0.879. The van der Waals surface area contributed by atoms with Gasteiger partial charge in [-0.2, -0.15) is 0 Å². The first kappa shape index (κ1) is 23.5.